The molecule has 1 aliphatic rings. The van der Waals surface area contributed by atoms with Crippen molar-refractivity contribution in [1.29, 1.82) is 0 Å². The Morgan fingerprint density at radius 3 is 2.29 bits per heavy atom. The normalized spacial score (nSPS) is 27.4. The van der Waals surface area contributed by atoms with Gasteiger partial charge in [-0.1, -0.05) is 19.8 Å². The monoisotopic (exact) mass is 197 g/mol. The van der Waals surface area contributed by atoms with Gasteiger partial charge in [0.25, 0.3) is 0 Å². The first-order chi connectivity index (χ1) is 6.70. The van der Waals surface area contributed by atoms with Crippen molar-refractivity contribution in [2.75, 3.05) is 13.1 Å². The Morgan fingerprint density at radius 2 is 1.79 bits per heavy atom. The molecule has 14 heavy (non-hydrogen) atoms. The molecule has 0 spiro atoms. The molecular weight excluding hydrogens is 174 g/mol. The van der Waals surface area contributed by atoms with E-state index in [-0.39, 0.29) is 0 Å². The zero-order chi connectivity index (χ0) is 10.6. The van der Waals surface area contributed by atoms with Crippen LogP contribution in [0.4, 0.5) is 0 Å². The van der Waals surface area contributed by atoms with Crippen LogP contribution >= 0.6 is 0 Å². The van der Waals surface area contributed by atoms with Crippen LogP contribution in [0, 0.1) is 11.8 Å². The predicted octanol–water partition coefficient (Wildman–Crippen LogP) is 2.68. The summed E-state index contributed by atoms with van der Waals surface area (Å²) >= 11 is 0. The molecule has 0 unspecified atom stereocenters. The average Bonchev–Trinajstić information content (AvgIpc) is 2.20. The van der Waals surface area contributed by atoms with Gasteiger partial charge in [0.1, 0.15) is 0 Å². The van der Waals surface area contributed by atoms with Crippen LogP contribution in [0.3, 0.4) is 0 Å². The molecule has 2 heteroatoms. The second-order valence-corrected chi connectivity index (χ2v) is 4.38. The van der Waals surface area contributed by atoms with Gasteiger partial charge in [0, 0.05) is 19.0 Å². The first-order valence-electron chi connectivity index (χ1n) is 5.99. The first kappa shape index (κ1) is 11.5. The molecule has 0 aromatic rings. The Hall–Kier alpha value is -0.530. The molecule has 0 saturated heterocycles. The van der Waals surface area contributed by atoms with Crippen molar-refractivity contribution in [2.45, 2.75) is 46.5 Å². The molecule has 0 aromatic carbocycles. The maximum absolute atomic E-state index is 12.1. The van der Waals surface area contributed by atoms with Crippen molar-refractivity contribution in [3.8, 4) is 0 Å². The summed E-state index contributed by atoms with van der Waals surface area (Å²) in [6, 6.07) is 0. The van der Waals surface area contributed by atoms with Crippen LogP contribution in [0.2, 0.25) is 0 Å². The number of hydrogen-bond donors (Lipinski definition) is 0. The smallest absolute Gasteiger partial charge is 0.225 e. The number of nitrogens with zero attached hydrogens (tertiary/aromatic N) is 1. The van der Waals surface area contributed by atoms with Gasteiger partial charge in [-0.15, -0.1) is 0 Å². The predicted molar refractivity (Wildman–Crippen MR) is 59.1 cm³/mol. The molecule has 0 aliphatic heterocycles. The molecule has 0 radical (unpaired) electrons. The third-order valence-electron chi connectivity index (χ3n) is 3.50. The van der Waals surface area contributed by atoms with Gasteiger partial charge in [-0.2, -0.15) is 0 Å². The van der Waals surface area contributed by atoms with Crippen molar-refractivity contribution < 1.29 is 4.79 Å². The molecule has 2 nitrogen and oxygen atoms in total. The molecule has 0 aromatic heterocycles. The summed E-state index contributed by atoms with van der Waals surface area (Å²) in [5, 5.41) is 0. The van der Waals surface area contributed by atoms with E-state index in [1.165, 1.54) is 19.3 Å². The highest BCUT2D eigenvalue weighted by Crippen LogP contribution is 2.30. The molecule has 2 atom stereocenters. The number of rotatable bonds is 3. The maximum atomic E-state index is 12.1. The summed E-state index contributed by atoms with van der Waals surface area (Å²) in [6.07, 6.45) is 4.89. The van der Waals surface area contributed by atoms with Gasteiger partial charge in [-0.3, -0.25) is 4.79 Å². The van der Waals surface area contributed by atoms with E-state index >= 15 is 0 Å². The van der Waals surface area contributed by atoms with Gasteiger partial charge in [0.05, 0.1) is 0 Å². The van der Waals surface area contributed by atoms with E-state index in [2.05, 4.69) is 20.8 Å². The number of hydrogen-bond acceptors (Lipinski definition) is 1. The fourth-order valence-electron chi connectivity index (χ4n) is 2.45. The molecule has 0 N–H and O–H groups in total. The summed E-state index contributed by atoms with van der Waals surface area (Å²) in [4.78, 5) is 14.1. The average molecular weight is 197 g/mol. The van der Waals surface area contributed by atoms with E-state index in [0.717, 1.165) is 19.5 Å². The SMILES string of the molecule is CCN(CC)C(=O)[C@@H]1CCCC[C@@H]1C. The van der Waals surface area contributed by atoms with E-state index in [0.29, 0.717) is 17.7 Å². The first-order valence-corrected chi connectivity index (χ1v) is 5.99. The Labute approximate surface area is 87.7 Å². The van der Waals surface area contributed by atoms with Gasteiger partial charge in [0.15, 0.2) is 0 Å². The van der Waals surface area contributed by atoms with Crippen LogP contribution in [0.5, 0.6) is 0 Å². The van der Waals surface area contributed by atoms with E-state index in [9.17, 15) is 4.79 Å². The van der Waals surface area contributed by atoms with Crippen LogP contribution in [-0.2, 0) is 4.79 Å². The highest BCUT2D eigenvalue weighted by atomic mass is 16.2. The quantitative estimate of drug-likeness (QED) is 0.681. The van der Waals surface area contributed by atoms with E-state index in [1.807, 2.05) is 4.90 Å². The molecule has 1 saturated carbocycles. The molecule has 82 valence electrons. The standard InChI is InChI=1S/C12H23NO/c1-4-13(5-2)12(14)11-9-7-6-8-10(11)3/h10-11H,4-9H2,1-3H3/t10-,11+/m0/s1. The van der Waals surface area contributed by atoms with E-state index in [1.54, 1.807) is 0 Å². The van der Waals surface area contributed by atoms with Crippen molar-refractivity contribution >= 4 is 5.91 Å². The Bertz CT molecular complexity index is 187. The fourth-order valence-corrected chi connectivity index (χ4v) is 2.45. The molecule has 1 fully saturated rings. The lowest BCUT2D eigenvalue weighted by atomic mass is 9.79. The largest absolute Gasteiger partial charge is 0.343 e. The third kappa shape index (κ3) is 2.49. The minimum absolute atomic E-state index is 0.309. The summed E-state index contributed by atoms with van der Waals surface area (Å²) in [7, 11) is 0. The highest BCUT2D eigenvalue weighted by molar-refractivity contribution is 5.79. The fraction of sp³-hybridized carbons (Fsp3) is 0.917. The zero-order valence-corrected chi connectivity index (χ0v) is 9.75. The van der Waals surface area contributed by atoms with E-state index < -0.39 is 0 Å². The molecule has 0 bridgehead atoms. The van der Waals surface area contributed by atoms with Crippen molar-refractivity contribution in [3.05, 3.63) is 0 Å². The lowest BCUT2D eigenvalue weighted by Gasteiger charge is -2.32. The summed E-state index contributed by atoms with van der Waals surface area (Å²) in [5.41, 5.74) is 0. The van der Waals surface area contributed by atoms with Gasteiger partial charge in [-0.25, -0.2) is 0 Å². The topological polar surface area (TPSA) is 20.3 Å². The molecule has 1 aliphatic carbocycles. The zero-order valence-electron chi connectivity index (χ0n) is 9.75. The second-order valence-electron chi connectivity index (χ2n) is 4.38. The van der Waals surface area contributed by atoms with Crippen molar-refractivity contribution in [2.24, 2.45) is 11.8 Å². The van der Waals surface area contributed by atoms with Gasteiger partial charge in [-0.05, 0) is 32.6 Å². The molecular formula is C12H23NO. The van der Waals surface area contributed by atoms with Crippen LogP contribution in [0.25, 0.3) is 0 Å². The molecule has 0 heterocycles. The minimum atomic E-state index is 0.309. The van der Waals surface area contributed by atoms with Crippen LogP contribution in [-0.4, -0.2) is 23.9 Å². The third-order valence-corrected chi connectivity index (χ3v) is 3.50. The number of carbonyl (C=O) groups excluding carboxylic acids is 1. The number of amides is 1. The Kier molecular flexibility index (Phi) is 4.43. The van der Waals surface area contributed by atoms with Crippen LogP contribution in [0.1, 0.15) is 46.5 Å². The number of carbonyl (C=O) groups is 1. The van der Waals surface area contributed by atoms with Crippen LogP contribution in [0.15, 0.2) is 0 Å². The maximum Gasteiger partial charge on any atom is 0.225 e. The Morgan fingerprint density at radius 1 is 1.21 bits per heavy atom. The highest BCUT2D eigenvalue weighted by Gasteiger charge is 2.29. The summed E-state index contributed by atoms with van der Waals surface area (Å²) in [5.74, 6) is 1.29. The Balaban J connectivity index is 2.57. The van der Waals surface area contributed by atoms with Crippen molar-refractivity contribution in [1.82, 2.24) is 4.90 Å². The summed E-state index contributed by atoms with van der Waals surface area (Å²) < 4.78 is 0. The van der Waals surface area contributed by atoms with E-state index in [4.69, 9.17) is 0 Å². The van der Waals surface area contributed by atoms with Crippen LogP contribution < -0.4 is 0 Å². The van der Waals surface area contributed by atoms with Gasteiger partial charge in [0.2, 0.25) is 5.91 Å². The lowest BCUT2D eigenvalue weighted by Crippen LogP contribution is -2.39. The minimum Gasteiger partial charge on any atom is -0.343 e. The molecule has 1 amide bonds. The van der Waals surface area contributed by atoms with Crippen molar-refractivity contribution in [3.63, 3.8) is 0 Å². The molecule has 1 rings (SSSR count). The van der Waals surface area contributed by atoms with Gasteiger partial charge < -0.3 is 4.90 Å². The second kappa shape index (κ2) is 5.38. The summed E-state index contributed by atoms with van der Waals surface area (Å²) in [6.45, 7) is 8.08. The van der Waals surface area contributed by atoms with Gasteiger partial charge >= 0.3 is 0 Å². The lowest BCUT2D eigenvalue weighted by molar-refractivity contribution is -0.137.